The second-order valence-electron chi connectivity index (χ2n) is 5.10. The Morgan fingerprint density at radius 3 is 2.58 bits per heavy atom. The highest BCUT2D eigenvalue weighted by Gasteiger charge is 2.30. The highest BCUT2D eigenvalue weighted by molar-refractivity contribution is 7.10. The van der Waals surface area contributed by atoms with Crippen LogP contribution < -0.4 is 5.32 Å². The van der Waals surface area contributed by atoms with Gasteiger partial charge >= 0.3 is 0 Å². The molecule has 0 saturated heterocycles. The van der Waals surface area contributed by atoms with E-state index in [1.54, 1.807) is 11.3 Å². The summed E-state index contributed by atoms with van der Waals surface area (Å²) in [7, 11) is 0. The van der Waals surface area contributed by atoms with Crippen LogP contribution in [0.3, 0.4) is 0 Å². The van der Waals surface area contributed by atoms with Crippen LogP contribution in [0.15, 0.2) is 42.0 Å². The van der Waals surface area contributed by atoms with Gasteiger partial charge in [0.25, 0.3) is 0 Å². The lowest BCUT2D eigenvalue weighted by atomic mass is 10.0. The van der Waals surface area contributed by atoms with Gasteiger partial charge in [0.05, 0.1) is 6.04 Å². The number of thiophene rings is 1. The summed E-state index contributed by atoms with van der Waals surface area (Å²) in [4.78, 5) is 13.7. The Bertz CT molecular complexity index is 514. The van der Waals surface area contributed by atoms with Crippen LogP contribution >= 0.6 is 11.3 Å². The number of nitrogens with one attached hydrogen (secondary N) is 1. The van der Waals surface area contributed by atoms with Crippen molar-refractivity contribution in [3.63, 3.8) is 0 Å². The molecule has 1 atom stereocenters. The first kappa shape index (κ1) is 13.9. The van der Waals surface area contributed by atoms with Gasteiger partial charge in [-0.05, 0) is 43.8 Å². The van der Waals surface area contributed by atoms with Crippen molar-refractivity contribution in [1.29, 1.82) is 0 Å². The number of aromatic nitrogens is 1. The maximum absolute atomic E-state index is 12.5. The van der Waals surface area contributed by atoms with E-state index in [0.29, 0.717) is 0 Å². The molecular formula is C15H20N2OS. The summed E-state index contributed by atoms with van der Waals surface area (Å²) >= 11 is 1.68. The van der Waals surface area contributed by atoms with Crippen molar-refractivity contribution in [2.75, 3.05) is 0 Å². The van der Waals surface area contributed by atoms with Crippen molar-refractivity contribution in [3.05, 3.63) is 46.9 Å². The van der Waals surface area contributed by atoms with E-state index in [0.717, 1.165) is 6.42 Å². The SMILES string of the molecule is CC[C@@H](NC(=O)C(C)(C)n1cccc1)c1cccs1. The van der Waals surface area contributed by atoms with E-state index in [9.17, 15) is 4.79 Å². The van der Waals surface area contributed by atoms with Crippen LogP contribution in [0.4, 0.5) is 0 Å². The van der Waals surface area contributed by atoms with Gasteiger partial charge < -0.3 is 9.88 Å². The molecule has 2 aromatic heterocycles. The lowest BCUT2D eigenvalue weighted by Crippen LogP contribution is -2.45. The molecule has 4 heteroatoms. The first-order valence-electron chi connectivity index (χ1n) is 6.53. The molecule has 0 spiro atoms. The molecule has 0 fully saturated rings. The summed E-state index contributed by atoms with van der Waals surface area (Å²) in [6, 6.07) is 8.06. The molecular weight excluding hydrogens is 256 g/mol. The van der Waals surface area contributed by atoms with Gasteiger partial charge in [0, 0.05) is 17.3 Å². The van der Waals surface area contributed by atoms with Gasteiger partial charge in [-0.1, -0.05) is 13.0 Å². The number of amides is 1. The van der Waals surface area contributed by atoms with Gasteiger partial charge in [0.2, 0.25) is 5.91 Å². The molecule has 2 aromatic rings. The van der Waals surface area contributed by atoms with Crippen LogP contribution in [0, 0.1) is 0 Å². The maximum atomic E-state index is 12.5. The molecule has 0 radical (unpaired) electrons. The maximum Gasteiger partial charge on any atom is 0.246 e. The second kappa shape index (κ2) is 5.61. The normalized spacial score (nSPS) is 13.2. The van der Waals surface area contributed by atoms with Crippen molar-refractivity contribution in [1.82, 2.24) is 9.88 Å². The number of hydrogen-bond donors (Lipinski definition) is 1. The van der Waals surface area contributed by atoms with E-state index in [2.05, 4.69) is 18.3 Å². The van der Waals surface area contributed by atoms with Crippen molar-refractivity contribution in [3.8, 4) is 0 Å². The first-order chi connectivity index (χ1) is 9.05. The highest BCUT2D eigenvalue weighted by atomic mass is 32.1. The summed E-state index contributed by atoms with van der Waals surface area (Å²) in [5.74, 6) is 0.0453. The molecule has 0 aliphatic carbocycles. The topological polar surface area (TPSA) is 34.0 Å². The van der Waals surface area contributed by atoms with Gasteiger partial charge in [0.1, 0.15) is 5.54 Å². The number of carbonyl (C=O) groups excluding carboxylic acids is 1. The fourth-order valence-corrected chi connectivity index (χ4v) is 2.88. The van der Waals surface area contributed by atoms with Crippen LogP contribution in [-0.4, -0.2) is 10.5 Å². The molecule has 0 aromatic carbocycles. The van der Waals surface area contributed by atoms with Crippen LogP contribution in [0.2, 0.25) is 0 Å². The lowest BCUT2D eigenvalue weighted by molar-refractivity contribution is -0.129. The van der Waals surface area contributed by atoms with Crippen molar-refractivity contribution >= 4 is 17.2 Å². The number of hydrogen-bond acceptors (Lipinski definition) is 2. The smallest absolute Gasteiger partial charge is 0.246 e. The third kappa shape index (κ3) is 2.89. The summed E-state index contributed by atoms with van der Waals surface area (Å²) in [6.45, 7) is 5.96. The Balaban J connectivity index is 2.12. The summed E-state index contributed by atoms with van der Waals surface area (Å²) < 4.78 is 1.93. The largest absolute Gasteiger partial charge is 0.346 e. The van der Waals surface area contributed by atoms with Crippen LogP contribution in [0.5, 0.6) is 0 Å². The zero-order valence-electron chi connectivity index (χ0n) is 11.6. The Labute approximate surface area is 118 Å². The molecule has 102 valence electrons. The van der Waals surface area contributed by atoms with Crippen molar-refractivity contribution < 1.29 is 4.79 Å². The molecule has 0 aliphatic rings. The first-order valence-corrected chi connectivity index (χ1v) is 7.41. The Hall–Kier alpha value is -1.55. The van der Waals surface area contributed by atoms with E-state index in [-0.39, 0.29) is 11.9 Å². The molecule has 0 bridgehead atoms. The van der Waals surface area contributed by atoms with E-state index < -0.39 is 5.54 Å². The third-order valence-corrected chi connectivity index (χ3v) is 4.39. The average molecular weight is 276 g/mol. The molecule has 2 heterocycles. The molecule has 3 nitrogen and oxygen atoms in total. The minimum absolute atomic E-state index is 0.0453. The monoisotopic (exact) mass is 276 g/mol. The number of nitrogens with zero attached hydrogens (tertiary/aromatic N) is 1. The minimum atomic E-state index is -0.575. The summed E-state index contributed by atoms with van der Waals surface area (Å²) in [5, 5.41) is 5.19. The van der Waals surface area contributed by atoms with Gasteiger partial charge in [-0.3, -0.25) is 4.79 Å². The van der Waals surface area contributed by atoms with Crippen molar-refractivity contribution in [2.45, 2.75) is 38.8 Å². The molecule has 1 amide bonds. The Morgan fingerprint density at radius 2 is 2.05 bits per heavy atom. The van der Waals surface area contributed by atoms with Gasteiger partial charge in [-0.15, -0.1) is 11.3 Å². The van der Waals surface area contributed by atoms with Gasteiger partial charge in [-0.25, -0.2) is 0 Å². The Morgan fingerprint density at radius 1 is 1.37 bits per heavy atom. The number of rotatable bonds is 5. The van der Waals surface area contributed by atoms with E-state index in [1.165, 1.54) is 4.88 Å². The van der Waals surface area contributed by atoms with E-state index in [4.69, 9.17) is 0 Å². The van der Waals surface area contributed by atoms with E-state index in [1.807, 2.05) is 54.4 Å². The second-order valence-corrected chi connectivity index (χ2v) is 6.08. The lowest BCUT2D eigenvalue weighted by Gasteiger charge is -2.28. The fraction of sp³-hybridized carbons (Fsp3) is 0.400. The summed E-state index contributed by atoms with van der Waals surface area (Å²) in [6.07, 6.45) is 4.74. The Kier molecular flexibility index (Phi) is 4.10. The van der Waals surface area contributed by atoms with Gasteiger partial charge in [0.15, 0.2) is 0 Å². The van der Waals surface area contributed by atoms with Crippen LogP contribution in [-0.2, 0) is 10.3 Å². The molecule has 2 rings (SSSR count). The molecule has 0 saturated carbocycles. The molecule has 0 unspecified atom stereocenters. The zero-order chi connectivity index (χ0) is 13.9. The quantitative estimate of drug-likeness (QED) is 0.890. The van der Waals surface area contributed by atoms with Crippen molar-refractivity contribution in [2.24, 2.45) is 0 Å². The molecule has 1 N–H and O–H groups in total. The van der Waals surface area contributed by atoms with Crippen LogP contribution in [0.1, 0.15) is 38.1 Å². The van der Waals surface area contributed by atoms with E-state index >= 15 is 0 Å². The standard InChI is InChI=1S/C15H20N2OS/c1-4-12(13-8-7-11-19-13)16-14(18)15(2,3)17-9-5-6-10-17/h5-12H,4H2,1-3H3,(H,16,18)/t12-/m1/s1. The fourth-order valence-electron chi connectivity index (χ4n) is 2.02. The molecule has 19 heavy (non-hydrogen) atoms. The minimum Gasteiger partial charge on any atom is -0.346 e. The van der Waals surface area contributed by atoms with Crippen LogP contribution in [0.25, 0.3) is 0 Å². The zero-order valence-corrected chi connectivity index (χ0v) is 12.4. The third-order valence-electron chi connectivity index (χ3n) is 3.41. The average Bonchev–Trinajstić information content (AvgIpc) is 3.07. The molecule has 0 aliphatic heterocycles. The summed E-state index contributed by atoms with van der Waals surface area (Å²) in [5.41, 5.74) is -0.575. The predicted molar refractivity (Wildman–Crippen MR) is 79.2 cm³/mol. The van der Waals surface area contributed by atoms with Gasteiger partial charge in [-0.2, -0.15) is 0 Å². The highest BCUT2D eigenvalue weighted by Crippen LogP contribution is 2.24. The number of carbonyl (C=O) groups is 1. The predicted octanol–water partition coefficient (Wildman–Crippen LogP) is 3.55.